The Bertz CT molecular complexity index is 1580. The van der Waals surface area contributed by atoms with Gasteiger partial charge in [0, 0.05) is 69.6 Å². The Morgan fingerprint density at radius 1 is 0.449 bits per heavy atom. The number of aromatic nitrogens is 4. The van der Waals surface area contributed by atoms with Gasteiger partial charge < -0.3 is 61.0 Å². The van der Waals surface area contributed by atoms with E-state index in [0.29, 0.717) is 172 Å². The van der Waals surface area contributed by atoms with Crippen LogP contribution in [-0.2, 0) is 74.2 Å². The third kappa shape index (κ3) is 43.9. The van der Waals surface area contributed by atoms with Crippen molar-refractivity contribution in [2.75, 3.05) is 175 Å². The molecule has 2 heterocycles. The average Bonchev–Trinajstić information content (AvgIpc) is 3.33. The number of nitrogens with zero attached hydrogens (tertiary/aromatic N) is 10. The van der Waals surface area contributed by atoms with Gasteiger partial charge in [-0.25, -0.2) is 19.9 Å². The molecular formula is C42H78N10O13S2Si2. The molecular weight excluding hydrogens is 973 g/mol. The maximum atomic E-state index is 8.14. The van der Waals surface area contributed by atoms with Crippen LogP contribution in [0.4, 0.5) is 0 Å². The van der Waals surface area contributed by atoms with Gasteiger partial charge in [-0.2, -0.15) is 11.8 Å². The molecule has 0 unspecified atom stereocenters. The fraction of sp³-hybridized carbons (Fsp3) is 0.810. The van der Waals surface area contributed by atoms with Crippen molar-refractivity contribution >= 4 is 40.2 Å². The Morgan fingerprint density at radius 2 is 0.739 bits per heavy atom. The first kappa shape index (κ1) is 64.4. The molecule has 0 radical (unpaired) electrons. The van der Waals surface area contributed by atoms with Crippen molar-refractivity contribution in [3.63, 3.8) is 0 Å². The molecule has 2 rings (SSSR count). The fourth-order valence-electron chi connectivity index (χ4n) is 5.26. The fourth-order valence-corrected chi connectivity index (χ4v) is 17.7. The molecule has 69 heavy (non-hydrogen) atoms. The molecule has 23 nitrogen and oxygen atoms in total. The highest BCUT2D eigenvalue weighted by molar-refractivity contribution is 8.01. The highest BCUT2D eigenvalue weighted by Crippen LogP contribution is 2.24. The van der Waals surface area contributed by atoms with Crippen LogP contribution in [0.5, 0.6) is 0 Å². The van der Waals surface area contributed by atoms with E-state index in [0.717, 1.165) is 32.9 Å². The zero-order valence-corrected chi connectivity index (χ0v) is 45.3. The Kier molecular flexibility index (Phi) is 43.4. The van der Waals surface area contributed by atoms with Crippen LogP contribution in [0.15, 0.2) is 40.2 Å². The minimum Gasteiger partial charge on any atom is -0.454 e. The van der Waals surface area contributed by atoms with E-state index in [4.69, 9.17) is 72.0 Å². The van der Waals surface area contributed by atoms with E-state index >= 15 is 0 Å². The van der Waals surface area contributed by atoms with E-state index in [1.165, 1.54) is 0 Å². The summed E-state index contributed by atoms with van der Waals surface area (Å²) in [7, 11) is -3.39. The maximum absolute atomic E-state index is 8.14. The van der Waals surface area contributed by atoms with Crippen LogP contribution in [0.2, 0.25) is 26.2 Å². The van der Waals surface area contributed by atoms with E-state index in [2.05, 4.69) is 72.4 Å². The highest BCUT2D eigenvalue weighted by atomic mass is 32.2. The standard InChI is InChI=1S/C24H47N5O7S2Si2.C18H31N5O6/c1-37-21-39(2,3)36-40(4,5)22-38-24-26-18-23(19-27-24)20-35-17-16-34-15-14-33-13-12-32-11-10-31-9-8-30-7-6-28-29-25;1-17-20-14-18(15-21-17)16-29-13-12-28-11-10-27-9-8-26-7-6-25-5-4-24-3-2-22-23-19/h18-19H,6-17,20-22H2,1-5H3;14-15H,2-13,16H2,1H3. The molecule has 0 spiro atoms. The summed E-state index contributed by atoms with van der Waals surface area (Å²) in [6, 6.07) is 0. The molecule has 2 aromatic heterocycles. The quantitative estimate of drug-likeness (QED) is 0.0139. The second-order valence-electron chi connectivity index (χ2n) is 15.5. The van der Waals surface area contributed by atoms with Gasteiger partial charge in [0.15, 0.2) is 21.8 Å². The number of hydrogen-bond donors (Lipinski definition) is 0. The molecule has 0 aliphatic carbocycles. The Hall–Kier alpha value is -2.61. The topological polar surface area (TPSA) is 269 Å². The largest absolute Gasteiger partial charge is 0.454 e. The molecule has 0 fully saturated rings. The number of aryl methyl sites for hydroxylation is 1. The summed E-state index contributed by atoms with van der Waals surface area (Å²) in [5.41, 5.74) is 18.1. The van der Waals surface area contributed by atoms with E-state index in [1.54, 1.807) is 24.2 Å². The third-order valence-electron chi connectivity index (χ3n) is 8.16. The predicted molar refractivity (Wildman–Crippen MR) is 269 cm³/mol. The smallest absolute Gasteiger partial charge is 0.187 e. The van der Waals surface area contributed by atoms with Gasteiger partial charge in [0.2, 0.25) is 0 Å². The number of ether oxygens (including phenoxy) is 12. The molecule has 2 aromatic rings. The lowest BCUT2D eigenvalue weighted by molar-refractivity contribution is -0.0174. The van der Waals surface area contributed by atoms with Crippen molar-refractivity contribution < 1.29 is 61.0 Å². The van der Waals surface area contributed by atoms with E-state index < -0.39 is 16.6 Å². The lowest BCUT2D eigenvalue weighted by Crippen LogP contribution is -2.48. The summed E-state index contributed by atoms with van der Waals surface area (Å²) in [6.07, 6.45) is 9.31. The predicted octanol–water partition coefficient (Wildman–Crippen LogP) is 6.04. The molecule has 0 amide bonds. The SMILES string of the molecule is CSC[Si](C)(C)O[Si](C)(C)CSc1ncc(COCCOCCOCCOCCOCCOCCN=[N+]=[N-])cn1.Cc1ncc(COCCOCCOCCOCCOCCOCCN=[N+]=[N-])cn1. The number of azide groups is 2. The van der Waals surface area contributed by atoms with Gasteiger partial charge in [-0.05, 0) is 50.4 Å². The van der Waals surface area contributed by atoms with Crippen LogP contribution in [-0.4, -0.2) is 212 Å². The van der Waals surface area contributed by atoms with Crippen molar-refractivity contribution in [2.45, 2.75) is 51.5 Å². The molecule has 394 valence electrons. The lowest BCUT2D eigenvalue weighted by Gasteiger charge is -2.33. The molecule has 0 aliphatic heterocycles. The van der Waals surface area contributed by atoms with Crippen molar-refractivity contribution in [1.82, 2.24) is 19.9 Å². The van der Waals surface area contributed by atoms with Crippen molar-refractivity contribution in [1.29, 1.82) is 0 Å². The Balaban J connectivity index is 0.000000726. The van der Waals surface area contributed by atoms with Crippen LogP contribution >= 0.6 is 23.5 Å². The van der Waals surface area contributed by atoms with E-state index in [1.807, 2.05) is 31.1 Å². The van der Waals surface area contributed by atoms with Gasteiger partial charge in [0.1, 0.15) is 5.82 Å². The first-order chi connectivity index (χ1) is 33.6. The molecule has 0 N–H and O–H groups in total. The molecule has 0 aromatic carbocycles. The minimum absolute atomic E-state index is 0.332. The summed E-state index contributed by atoms with van der Waals surface area (Å²) < 4.78 is 71.5. The maximum Gasteiger partial charge on any atom is 0.187 e. The van der Waals surface area contributed by atoms with E-state index in [-0.39, 0.29) is 0 Å². The lowest BCUT2D eigenvalue weighted by atomic mass is 10.4. The Labute approximate surface area is 419 Å². The van der Waals surface area contributed by atoms with Crippen molar-refractivity contribution in [3.05, 3.63) is 62.6 Å². The number of rotatable bonds is 47. The van der Waals surface area contributed by atoms with E-state index in [9.17, 15) is 0 Å². The number of thioether (sulfide) groups is 2. The van der Waals surface area contributed by atoms with Gasteiger partial charge in [-0.3, -0.25) is 0 Å². The first-order valence-corrected chi connectivity index (χ1v) is 31.6. The summed E-state index contributed by atoms with van der Waals surface area (Å²) in [5.74, 6) is 0.748. The van der Waals surface area contributed by atoms with Gasteiger partial charge in [0.05, 0.1) is 159 Å². The molecule has 0 saturated heterocycles. The second kappa shape index (κ2) is 46.5. The highest BCUT2D eigenvalue weighted by Gasteiger charge is 2.33. The average molecular weight is 1050 g/mol. The third-order valence-corrected chi connectivity index (χ3v) is 20.3. The molecule has 27 heteroatoms. The first-order valence-electron chi connectivity index (χ1n) is 23.0. The van der Waals surface area contributed by atoms with Crippen molar-refractivity contribution in [2.24, 2.45) is 10.2 Å². The Morgan fingerprint density at radius 3 is 1.06 bits per heavy atom. The summed E-state index contributed by atoms with van der Waals surface area (Å²) >= 11 is 3.55. The minimum atomic E-state index is -1.77. The molecule has 0 aliphatic rings. The molecule has 0 saturated carbocycles. The van der Waals surface area contributed by atoms with Crippen LogP contribution in [0, 0.1) is 6.92 Å². The van der Waals surface area contributed by atoms with Gasteiger partial charge in [-0.15, -0.1) is 0 Å². The van der Waals surface area contributed by atoms with Gasteiger partial charge in [0.25, 0.3) is 0 Å². The second-order valence-corrected chi connectivity index (χ2v) is 26.9. The van der Waals surface area contributed by atoms with Crippen molar-refractivity contribution in [3.8, 4) is 0 Å². The molecule has 0 bridgehead atoms. The van der Waals surface area contributed by atoms with Crippen LogP contribution in [0.3, 0.4) is 0 Å². The summed E-state index contributed by atoms with van der Waals surface area (Å²) in [5, 5.41) is 9.58. The molecule has 0 atom stereocenters. The van der Waals surface area contributed by atoms with Crippen LogP contribution in [0.1, 0.15) is 17.0 Å². The number of hydrogen-bond acceptors (Lipinski definition) is 21. The van der Waals surface area contributed by atoms with Gasteiger partial charge >= 0.3 is 0 Å². The summed E-state index contributed by atoms with van der Waals surface area (Å²) in [6.45, 7) is 23.3. The zero-order valence-electron chi connectivity index (χ0n) is 41.7. The summed E-state index contributed by atoms with van der Waals surface area (Å²) in [4.78, 5) is 22.5. The van der Waals surface area contributed by atoms with Crippen LogP contribution < -0.4 is 0 Å². The zero-order chi connectivity index (χ0) is 50.2. The van der Waals surface area contributed by atoms with Gasteiger partial charge in [-0.1, -0.05) is 22.0 Å². The van der Waals surface area contributed by atoms with Crippen LogP contribution in [0.25, 0.3) is 20.9 Å². The monoisotopic (exact) mass is 1050 g/mol. The normalized spacial score (nSPS) is 11.5.